The van der Waals surface area contributed by atoms with E-state index >= 15 is 0 Å². The van der Waals surface area contributed by atoms with Crippen LogP contribution in [0.3, 0.4) is 0 Å². The van der Waals surface area contributed by atoms with Gasteiger partial charge < -0.3 is 4.42 Å². The minimum Gasteiger partial charge on any atom is -0.448 e. The summed E-state index contributed by atoms with van der Waals surface area (Å²) in [6.07, 6.45) is 0.580. The number of nitrogens with one attached hydrogen (secondary N) is 1. The summed E-state index contributed by atoms with van der Waals surface area (Å²) in [5.41, 5.74) is 3.61. The van der Waals surface area contributed by atoms with E-state index in [9.17, 15) is 0 Å². The van der Waals surface area contributed by atoms with Crippen molar-refractivity contribution in [3.8, 4) is 0 Å². The molecule has 6 heteroatoms. The van der Waals surface area contributed by atoms with Crippen LogP contribution in [0, 0.1) is 0 Å². The van der Waals surface area contributed by atoms with Gasteiger partial charge >= 0.3 is 0 Å². The van der Waals surface area contributed by atoms with E-state index in [0.29, 0.717) is 27.4 Å². The Morgan fingerprint density at radius 1 is 1.17 bits per heavy atom. The molecule has 0 radical (unpaired) electrons. The Kier molecular flexibility index (Phi) is 4.54. The van der Waals surface area contributed by atoms with Gasteiger partial charge in [-0.2, -0.15) is 0 Å². The van der Waals surface area contributed by atoms with Gasteiger partial charge in [-0.1, -0.05) is 29.3 Å². The zero-order valence-electron chi connectivity index (χ0n) is 9.29. The van der Waals surface area contributed by atoms with Crippen molar-refractivity contribution in [1.29, 1.82) is 0 Å². The third-order valence-corrected chi connectivity index (χ3v) is 3.37. The topological polar surface area (TPSA) is 51.2 Å². The Morgan fingerprint density at radius 2 is 1.94 bits per heavy atom. The lowest BCUT2D eigenvalue weighted by Gasteiger charge is -2.14. The van der Waals surface area contributed by atoms with Crippen molar-refractivity contribution in [2.75, 3.05) is 0 Å². The number of hydrogen-bond donors (Lipinski definition) is 2. The summed E-state index contributed by atoms with van der Waals surface area (Å²) in [6, 6.07) is 8.59. The summed E-state index contributed by atoms with van der Waals surface area (Å²) in [6.45, 7) is 0. The van der Waals surface area contributed by atoms with Crippen molar-refractivity contribution in [3.05, 3.63) is 56.9 Å². The molecule has 1 heterocycles. The van der Waals surface area contributed by atoms with Crippen LogP contribution in [-0.2, 0) is 6.42 Å². The Bertz CT molecular complexity index is 542. The van der Waals surface area contributed by atoms with Crippen molar-refractivity contribution < 1.29 is 4.42 Å². The fraction of sp³-hybridized carbons (Fsp3) is 0.167. The zero-order chi connectivity index (χ0) is 13.1. The molecule has 1 atom stereocenters. The predicted molar refractivity (Wildman–Crippen MR) is 73.9 cm³/mol. The number of nitrogens with two attached hydrogens (primary N) is 1. The van der Waals surface area contributed by atoms with Gasteiger partial charge in [0.2, 0.25) is 0 Å². The molecule has 0 fully saturated rings. The van der Waals surface area contributed by atoms with E-state index in [4.69, 9.17) is 45.1 Å². The number of rotatable bonds is 4. The molecule has 2 aromatic rings. The van der Waals surface area contributed by atoms with Crippen molar-refractivity contribution in [3.63, 3.8) is 0 Å². The first-order valence-electron chi connectivity index (χ1n) is 5.25. The average Bonchev–Trinajstić information content (AvgIpc) is 2.75. The van der Waals surface area contributed by atoms with E-state index in [0.717, 1.165) is 5.56 Å². The summed E-state index contributed by atoms with van der Waals surface area (Å²) in [7, 11) is 0. The lowest BCUT2D eigenvalue weighted by atomic mass is 10.0. The van der Waals surface area contributed by atoms with Crippen molar-refractivity contribution in [1.82, 2.24) is 5.43 Å². The fourth-order valence-electron chi connectivity index (χ4n) is 1.66. The van der Waals surface area contributed by atoms with Gasteiger partial charge in [-0.05, 0) is 47.9 Å². The summed E-state index contributed by atoms with van der Waals surface area (Å²) >= 11 is 17.7. The molecule has 18 heavy (non-hydrogen) atoms. The summed E-state index contributed by atoms with van der Waals surface area (Å²) < 4.78 is 5.33. The van der Waals surface area contributed by atoms with Crippen LogP contribution in [0.15, 0.2) is 34.7 Å². The first-order chi connectivity index (χ1) is 8.60. The van der Waals surface area contributed by atoms with Crippen LogP contribution in [0.4, 0.5) is 0 Å². The maximum atomic E-state index is 6.11. The van der Waals surface area contributed by atoms with E-state index in [1.54, 1.807) is 24.3 Å². The predicted octanol–water partition coefficient (Wildman–Crippen LogP) is 3.99. The second kappa shape index (κ2) is 5.95. The largest absolute Gasteiger partial charge is 0.448 e. The third-order valence-electron chi connectivity index (χ3n) is 2.58. The molecule has 1 aromatic heterocycles. The number of hydrazine groups is 1. The van der Waals surface area contributed by atoms with Gasteiger partial charge in [-0.25, -0.2) is 5.43 Å². The Hall–Kier alpha value is -0.710. The Balaban J connectivity index is 2.20. The molecular weight excluding hydrogens is 295 g/mol. The maximum absolute atomic E-state index is 6.11. The summed E-state index contributed by atoms with van der Waals surface area (Å²) in [5.74, 6) is 6.18. The molecule has 0 saturated carbocycles. The summed E-state index contributed by atoms with van der Waals surface area (Å²) in [4.78, 5) is 0. The molecule has 0 amide bonds. The van der Waals surface area contributed by atoms with Gasteiger partial charge in [0.25, 0.3) is 0 Å². The Labute approximate surface area is 120 Å². The highest BCUT2D eigenvalue weighted by atomic mass is 35.5. The third kappa shape index (κ3) is 3.19. The van der Waals surface area contributed by atoms with Crippen molar-refractivity contribution in [2.24, 2.45) is 5.84 Å². The first kappa shape index (κ1) is 13.7. The average molecular weight is 306 g/mol. The molecular formula is C12H11Cl3N2O. The van der Waals surface area contributed by atoms with E-state index < -0.39 is 0 Å². The maximum Gasteiger partial charge on any atom is 0.193 e. The number of halogens is 3. The minimum absolute atomic E-state index is 0.198. The van der Waals surface area contributed by atoms with Gasteiger partial charge in [0.1, 0.15) is 5.76 Å². The zero-order valence-corrected chi connectivity index (χ0v) is 11.6. The molecule has 3 N–H and O–H groups in total. The molecule has 0 bridgehead atoms. The number of hydrogen-bond acceptors (Lipinski definition) is 3. The molecule has 3 nitrogen and oxygen atoms in total. The minimum atomic E-state index is -0.198. The molecule has 0 aliphatic heterocycles. The van der Waals surface area contributed by atoms with Crippen LogP contribution in [0.25, 0.3) is 0 Å². The van der Waals surface area contributed by atoms with Crippen LogP contribution in [0.1, 0.15) is 17.4 Å². The van der Waals surface area contributed by atoms with E-state index in [2.05, 4.69) is 5.43 Å². The van der Waals surface area contributed by atoms with Crippen LogP contribution in [0.2, 0.25) is 15.3 Å². The number of furan rings is 1. The van der Waals surface area contributed by atoms with E-state index in [1.165, 1.54) is 0 Å². The van der Waals surface area contributed by atoms with Crippen LogP contribution >= 0.6 is 34.8 Å². The normalized spacial score (nSPS) is 12.7. The van der Waals surface area contributed by atoms with Crippen molar-refractivity contribution in [2.45, 2.75) is 12.5 Å². The molecule has 0 aliphatic carbocycles. The quantitative estimate of drug-likeness (QED) is 0.663. The molecule has 1 aromatic carbocycles. The highest BCUT2D eigenvalue weighted by Gasteiger charge is 2.16. The molecule has 0 saturated heterocycles. The lowest BCUT2D eigenvalue weighted by molar-refractivity contribution is 0.417. The van der Waals surface area contributed by atoms with Crippen molar-refractivity contribution >= 4 is 34.8 Å². The fourth-order valence-corrected chi connectivity index (χ4v) is 2.30. The monoisotopic (exact) mass is 304 g/mol. The van der Waals surface area contributed by atoms with Gasteiger partial charge in [-0.15, -0.1) is 0 Å². The highest BCUT2D eigenvalue weighted by Crippen LogP contribution is 2.27. The lowest BCUT2D eigenvalue weighted by Crippen LogP contribution is -2.29. The molecule has 1 unspecified atom stereocenters. The van der Waals surface area contributed by atoms with Crippen LogP contribution < -0.4 is 11.3 Å². The molecule has 0 spiro atoms. The molecule has 0 aliphatic rings. The van der Waals surface area contributed by atoms with Gasteiger partial charge in [0.15, 0.2) is 5.22 Å². The first-order valence-corrected chi connectivity index (χ1v) is 6.39. The van der Waals surface area contributed by atoms with E-state index in [-0.39, 0.29) is 6.04 Å². The van der Waals surface area contributed by atoms with Gasteiger partial charge in [0.05, 0.1) is 6.04 Å². The van der Waals surface area contributed by atoms with Crippen LogP contribution in [0.5, 0.6) is 0 Å². The number of benzene rings is 1. The second-order valence-electron chi connectivity index (χ2n) is 3.80. The van der Waals surface area contributed by atoms with Crippen LogP contribution in [-0.4, -0.2) is 0 Å². The van der Waals surface area contributed by atoms with Gasteiger partial charge in [0, 0.05) is 10.0 Å². The second-order valence-corrected chi connectivity index (χ2v) is 5.02. The molecule has 2 rings (SSSR count). The summed E-state index contributed by atoms with van der Waals surface area (Å²) in [5, 5.41) is 1.52. The SMILES string of the molecule is NNC(Cc1ccc(Cl)cc1Cl)c1ccc(Cl)o1. The Morgan fingerprint density at radius 3 is 2.50 bits per heavy atom. The highest BCUT2D eigenvalue weighted by molar-refractivity contribution is 6.35. The van der Waals surface area contributed by atoms with E-state index in [1.807, 2.05) is 6.07 Å². The smallest absolute Gasteiger partial charge is 0.193 e. The van der Waals surface area contributed by atoms with Gasteiger partial charge in [-0.3, -0.25) is 5.84 Å². The molecule has 96 valence electrons. The standard InChI is InChI=1S/C12H11Cl3N2O/c13-8-2-1-7(9(14)6-8)5-10(17-16)11-3-4-12(15)18-11/h1-4,6,10,17H,5,16H2.